The fourth-order valence-corrected chi connectivity index (χ4v) is 2.22. The molecule has 0 aromatic heterocycles. The largest absolute Gasteiger partial charge is 0.369 e. The summed E-state index contributed by atoms with van der Waals surface area (Å²) in [7, 11) is 0. The van der Waals surface area contributed by atoms with Crippen molar-refractivity contribution in [3.63, 3.8) is 0 Å². The van der Waals surface area contributed by atoms with Crippen LogP contribution in [0.1, 0.15) is 45.3 Å². The van der Waals surface area contributed by atoms with E-state index in [1.807, 2.05) is 0 Å². The van der Waals surface area contributed by atoms with E-state index in [4.69, 9.17) is 4.74 Å². The minimum absolute atomic E-state index is 0.139. The van der Waals surface area contributed by atoms with Crippen LogP contribution in [-0.4, -0.2) is 19.2 Å². The summed E-state index contributed by atoms with van der Waals surface area (Å²) in [5.41, 5.74) is 1.24. The van der Waals surface area contributed by atoms with E-state index in [9.17, 15) is 0 Å². The lowest BCUT2D eigenvalue weighted by Crippen LogP contribution is -2.25. The number of halogens is 1. The first-order valence-electron chi connectivity index (χ1n) is 6.79. The SMILES string of the molecule is CCCC(C)OC(CNCC)c1ccc(Br)cc1. The van der Waals surface area contributed by atoms with Crippen molar-refractivity contribution in [2.24, 2.45) is 0 Å². The predicted molar refractivity (Wildman–Crippen MR) is 80.9 cm³/mol. The van der Waals surface area contributed by atoms with E-state index >= 15 is 0 Å². The maximum absolute atomic E-state index is 6.14. The third-order valence-corrected chi connectivity index (χ3v) is 3.44. The minimum Gasteiger partial charge on any atom is -0.369 e. The van der Waals surface area contributed by atoms with Gasteiger partial charge in [0.05, 0.1) is 12.2 Å². The van der Waals surface area contributed by atoms with Crippen LogP contribution >= 0.6 is 15.9 Å². The van der Waals surface area contributed by atoms with E-state index in [1.54, 1.807) is 0 Å². The molecule has 0 spiro atoms. The van der Waals surface area contributed by atoms with E-state index in [0.717, 1.165) is 30.4 Å². The second kappa shape index (κ2) is 8.68. The lowest BCUT2D eigenvalue weighted by molar-refractivity contribution is -0.00697. The van der Waals surface area contributed by atoms with Gasteiger partial charge in [-0.05, 0) is 37.6 Å². The van der Waals surface area contributed by atoms with E-state index in [-0.39, 0.29) is 6.10 Å². The molecule has 0 saturated heterocycles. The molecule has 18 heavy (non-hydrogen) atoms. The molecule has 2 unspecified atom stereocenters. The highest BCUT2D eigenvalue weighted by molar-refractivity contribution is 9.10. The monoisotopic (exact) mass is 313 g/mol. The van der Waals surface area contributed by atoms with Crippen LogP contribution in [-0.2, 0) is 4.74 Å². The maximum atomic E-state index is 6.14. The Labute approximate surface area is 119 Å². The maximum Gasteiger partial charge on any atom is 0.0952 e. The Morgan fingerprint density at radius 3 is 2.44 bits per heavy atom. The Morgan fingerprint density at radius 2 is 1.89 bits per heavy atom. The van der Waals surface area contributed by atoms with Crippen LogP contribution in [0.25, 0.3) is 0 Å². The van der Waals surface area contributed by atoms with E-state index in [2.05, 4.69) is 66.3 Å². The molecule has 0 aliphatic carbocycles. The summed E-state index contributed by atoms with van der Waals surface area (Å²) in [6.07, 6.45) is 2.72. The van der Waals surface area contributed by atoms with Crippen LogP contribution in [0.5, 0.6) is 0 Å². The molecular formula is C15H24BrNO. The molecule has 0 bridgehead atoms. The van der Waals surface area contributed by atoms with Crippen molar-refractivity contribution in [3.8, 4) is 0 Å². The van der Waals surface area contributed by atoms with Crippen molar-refractivity contribution in [1.29, 1.82) is 0 Å². The van der Waals surface area contributed by atoms with Crippen molar-refractivity contribution < 1.29 is 4.74 Å². The van der Waals surface area contributed by atoms with Gasteiger partial charge in [-0.1, -0.05) is 48.3 Å². The highest BCUT2D eigenvalue weighted by Crippen LogP contribution is 2.22. The standard InChI is InChI=1S/C15H24BrNO/c1-4-6-12(3)18-15(11-17-5-2)13-7-9-14(16)10-8-13/h7-10,12,15,17H,4-6,11H2,1-3H3. The number of nitrogens with one attached hydrogen (secondary N) is 1. The van der Waals surface area contributed by atoms with Crippen LogP contribution in [0, 0.1) is 0 Å². The van der Waals surface area contributed by atoms with Gasteiger partial charge < -0.3 is 10.1 Å². The first kappa shape index (κ1) is 15.7. The van der Waals surface area contributed by atoms with E-state index < -0.39 is 0 Å². The molecule has 0 aliphatic rings. The average molecular weight is 314 g/mol. The Hall–Kier alpha value is -0.380. The van der Waals surface area contributed by atoms with Crippen molar-refractivity contribution in [3.05, 3.63) is 34.3 Å². The molecule has 3 heteroatoms. The molecule has 0 saturated carbocycles. The van der Waals surface area contributed by atoms with Gasteiger partial charge >= 0.3 is 0 Å². The molecular weight excluding hydrogens is 290 g/mol. The molecule has 0 radical (unpaired) electrons. The Bertz CT molecular complexity index is 326. The smallest absolute Gasteiger partial charge is 0.0952 e. The number of likely N-dealkylation sites (N-methyl/N-ethyl adjacent to an activating group) is 1. The summed E-state index contributed by atoms with van der Waals surface area (Å²) in [6.45, 7) is 8.30. The van der Waals surface area contributed by atoms with Gasteiger partial charge in [-0.2, -0.15) is 0 Å². The van der Waals surface area contributed by atoms with Crippen LogP contribution in [0.3, 0.4) is 0 Å². The molecule has 0 heterocycles. The van der Waals surface area contributed by atoms with E-state index in [0.29, 0.717) is 6.10 Å². The molecule has 0 amide bonds. The van der Waals surface area contributed by atoms with Crippen LogP contribution in [0.2, 0.25) is 0 Å². The summed E-state index contributed by atoms with van der Waals surface area (Å²) in [4.78, 5) is 0. The fraction of sp³-hybridized carbons (Fsp3) is 0.600. The second-order valence-electron chi connectivity index (χ2n) is 4.58. The van der Waals surface area contributed by atoms with E-state index in [1.165, 1.54) is 5.56 Å². The van der Waals surface area contributed by atoms with Gasteiger partial charge in [-0.25, -0.2) is 0 Å². The highest BCUT2D eigenvalue weighted by Gasteiger charge is 2.14. The first-order valence-corrected chi connectivity index (χ1v) is 7.58. The highest BCUT2D eigenvalue weighted by atomic mass is 79.9. The first-order chi connectivity index (χ1) is 8.67. The number of rotatable bonds is 8. The molecule has 1 aromatic rings. The molecule has 1 aromatic carbocycles. The van der Waals surface area contributed by atoms with Crippen LogP contribution in [0.15, 0.2) is 28.7 Å². The van der Waals surface area contributed by atoms with Gasteiger partial charge in [-0.15, -0.1) is 0 Å². The second-order valence-corrected chi connectivity index (χ2v) is 5.50. The zero-order valence-electron chi connectivity index (χ0n) is 11.6. The number of hydrogen-bond acceptors (Lipinski definition) is 2. The van der Waals surface area contributed by atoms with Gasteiger partial charge in [0.15, 0.2) is 0 Å². The Balaban J connectivity index is 2.67. The zero-order chi connectivity index (χ0) is 13.4. The number of benzene rings is 1. The van der Waals surface area contributed by atoms with Gasteiger partial charge in [0.25, 0.3) is 0 Å². The minimum atomic E-state index is 0.139. The lowest BCUT2D eigenvalue weighted by Gasteiger charge is -2.23. The summed E-state index contributed by atoms with van der Waals surface area (Å²) >= 11 is 3.47. The van der Waals surface area contributed by atoms with Crippen molar-refractivity contribution in [1.82, 2.24) is 5.32 Å². The van der Waals surface area contributed by atoms with Crippen molar-refractivity contribution in [2.45, 2.75) is 45.8 Å². The third kappa shape index (κ3) is 5.51. The molecule has 0 fully saturated rings. The molecule has 1 rings (SSSR count). The summed E-state index contributed by atoms with van der Waals surface area (Å²) in [5.74, 6) is 0. The molecule has 0 aliphatic heterocycles. The molecule has 102 valence electrons. The van der Waals surface area contributed by atoms with Crippen molar-refractivity contribution >= 4 is 15.9 Å². The van der Waals surface area contributed by atoms with Gasteiger partial charge in [0.1, 0.15) is 0 Å². The predicted octanol–water partition coefficient (Wildman–Crippen LogP) is 4.30. The quantitative estimate of drug-likeness (QED) is 0.772. The molecule has 2 atom stereocenters. The lowest BCUT2D eigenvalue weighted by atomic mass is 10.1. The molecule has 1 N–H and O–H groups in total. The zero-order valence-corrected chi connectivity index (χ0v) is 13.2. The van der Waals surface area contributed by atoms with Crippen molar-refractivity contribution in [2.75, 3.05) is 13.1 Å². The average Bonchev–Trinajstić information content (AvgIpc) is 2.36. The summed E-state index contributed by atoms with van der Waals surface area (Å²) in [6, 6.07) is 8.40. The normalized spacial score (nSPS) is 14.4. The summed E-state index contributed by atoms with van der Waals surface area (Å²) in [5, 5.41) is 3.37. The van der Waals surface area contributed by atoms with Crippen LogP contribution in [0.4, 0.5) is 0 Å². The number of hydrogen-bond donors (Lipinski definition) is 1. The fourth-order valence-electron chi connectivity index (χ4n) is 1.95. The van der Waals surface area contributed by atoms with Crippen LogP contribution < -0.4 is 5.32 Å². The molecule has 2 nitrogen and oxygen atoms in total. The Kier molecular flexibility index (Phi) is 7.56. The number of ether oxygens (including phenoxy) is 1. The Morgan fingerprint density at radius 1 is 1.22 bits per heavy atom. The van der Waals surface area contributed by atoms with Gasteiger partial charge in [0, 0.05) is 11.0 Å². The van der Waals surface area contributed by atoms with Gasteiger partial charge in [-0.3, -0.25) is 0 Å². The summed E-state index contributed by atoms with van der Waals surface area (Å²) < 4.78 is 7.25. The topological polar surface area (TPSA) is 21.3 Å². The van der Waals surface area contributed by atoms with Gasteiger partial charge in [0.2, 0.25) is 0 Å². The third-order valence-electron chi connectivity index (χ3n) is 2.91.